The Morgan fingerprint density at radius 1 is 0.952 bits per heavy atom. The highest BCUT2D eigenvalue weighted by atomic mass is 16.3. The number of piperidine rings is 2. The predicted molar refractivity (Wildman–Crippen MR) is 80.8 cm³/mol. The Kier molecular flexibility index (Phi) is 3.70. The Hall–Kier alpha value is -0.610. The molecule has 1 amide bonds. The van der Waals surface area contributed by atoms with Crippen LogP contribution in [0.3, 0.4) is 0 Å². The maximum absolute atomic E-state index is 12.2. The summed E-state index contributed by atoms with van der Waals surface area (Å²) in [5.41, 5.74) is 0. The van der Waals surface area contributed by atoms with Crippen LogP contribution >= 0.6 is 0 Å². The van der Waals surface area contributed by atoms with Gasteiger partial charge in [0, 0.05) is 37.6 Å². The van der Waals surface area contributed by atoms with E-state index in [1.165, 1.54) is 25.7 Å². The summed E-state index contributed by atoms with van der Waals surface area (Å²) in [5.74, 6) is 1.05. The first-order chi connectivity index (χ1) is 10.2. The predicted octanol–water partition coefficient (Wildman–Crippen LogP) is 1.77. The molecule has 0 aromatic heterocycles. The molecule has 2 aliphatic heterocycles. The molecule has 118 valence electrons. The van der Waals surface area contributed by atoms with Crippen molar-refractivity contribution in [1.29, 1.82) is 0 Å². The Labute approximate surface area is 127 Å². The fourth-order valence-corrected chi connectivity index (χ4v) is 4.97. The highest BCUT2D eigenvalue weighted by molar-refractivity contribution is 5.78. The molecule has 4 nitrogen and oxygen atoms in total. The van der Waals surface area contributed by atoms with E-state index in [4.69, 9.17) is 0 Å². The molecule has 2 aliphatic carbocycles. The van der Waals surface area contributed by atoms with Gasteiger partial charge in [0.05, 0.1) is 6.10 Å². The number of likely N-dealkylation sites (tertiary alicyclic amines) is 2. The molecule has 0 spiro atoms. The van der Waals surface area contributed by atoms with E-state index in [1.54, 1.807) is 0 Å². The van der Waals surface area contributed by atoms with E-state index >= 15 is 0 Å². The summed E-state index contributed by atoms with van der Waals surface area (Å²) in [4.78, 5) is 17.0. The second-order valence-electron chi connectivity index (χ2n) is 7.60. The number of carbonyl (C=O) groups is 1. The minimum Gasteiger partial charge on any atom is -0.391 e. The smallest absolute Gasteiger partial charge is 0.223 e. The first-order valence-electron chi connectivity index (χ1n) is 8.97. The van der Waals surface area contributed by atoms with Crippen LogP contribution in [0.2, 0.25) is 0 Å². The maximum Gasteiger partial charge on any atom is 0.223 e. The zero-order valence-corrected chi connectivity index (χ0v) is 12.9. The van der Waals surface area contributed by atoms with Crippen LogP contribution in [0.25, 0.3) is 0 Å². The molecular weight excluding hydrogens is 264 g/mol. The Morgan fingerprint density at radius 2 is 1.76 bits per heavy atom. The number of amides is 1. The second-order valence-corrected chi connectivity index (χ2v) is 7.60. The maximum atomic E-state index is 12.2. The molecule has 4 fully saturated rings. The summed E-state index contributed by atoms with van der Waals surface area (Å²) in [5, 5.41) is 10.3. The summed E-state index contributed by atoms with van der Waals surface area (Å²) < 4.78 is 0. The minimum atomic E-state index is -0.125. The van der Waals surface area contributed by atoms with E-state index in [9.17, 15) is 9.90 Å². The Morgan fingerprint density at radius 3 is 2.52 bits per heavy atom. The van der Waals surface area contributed by atoms with Crippen molar-refractivity contribution in [1.82, 2.24) is 9.80 Å². The van der Waals surface area contributed by atoms with Crippen molar-refractivity contribution in [2.75, 3.05) is 13.1 Å². The van der Waals surface area contributed by atoms with E-state index in [2.05, 4.69) is 9.80 Å². The third kappa shape index (κ3) is 2.61. The molecule has 0 bridgehead atoms. The van der Waals surface area contributed by atoms with Gasteiger partial charge in [0.15, 0.2) is 0 Å². The van der Waals surface area contributed by atoms with Gasteiger partial charge in [-0.2, -0.15) is 0 Å². The molecular formula is C17H28N2O2. The van der Waals surface area contributed by atoms with Crippen LogP contribution in [0.1, 0.15) is 57.8 Å². The third-order valence-electron chi connectivity index (χ3n) is 6.20. The number of fused-ring (bicyclic) bond motifs is 1. The van der Waals surface area contributed by atoms with E-state index in [0.29, 0.717) is 30.0 Å². The third-order valence-corrected chi connectivity index (χ3v) is 6.20. The van der Waals surface area contributed by atoms with Crippen molar-refractivity contribution in [3.63, 3.8) is 0 Å². The van der Waals surface area contributed by atoms with Gasteiger partial charge in [0.25, 0.3) is 0 Å². The number of hydrogen-bond donors (Lipinski definition) is 1. The van der Waals surface area contributed by atoms with Crippen LogP contribution in [0.5, 0.6) is 0 Å². The molecule has 0 aromatic rings. The van der Waals surface area contributed by atoms with Gasteiger partial charge in [-0.15, -0.1) is 0 Å². The van der Waals surface area contributed by atoms with Gasteiger partial charge in [-0.3, -0.25) is 9.69 Å². The summed E-state index contributed by atoms with van der Waals surface area (Å²) in [7, 11) is 0. The van der Waals surface area contributed by atoms with E-state index < -0.39 is 0 Å². The number of aliphatic hydroxyl groups excluding tert-OH is 1. The lowest BCUT2D eigenvalue weighted by Gasteiger charge is -2.50. The molecule has 4 aliphatic rings. The van der Waals surface area contributed by atoms with Crippen molar-refractivity contribution < 1.29 is 9.90 Å². The average Bonchev–Trinajstić information content (AvgIpc) is 3.32. The van der Waals surface area contributed by atoms with Crippen molar-refractivity contribution in [3.05, 3.63) is 0 Å². The fraction of sp³-hybridized carbons (Fsp3) is 0.941. The fourth-order valence-electron chi connectivity index (χ4n) is 4.97. The van der Waals surface area contributed by atoms with Crippen LogP contribution in [-0.2, 0) is 4.79 Å². The van der Waals surface area contributed by atoms with Crippen LogP contribution in [0.15, 0.2) is 0 Å². The number of rotatable bonds is 2. The molecule has 2 saturated heterocycles. The molecule has 4 atom stereocenters. The van der Waals surface area contributed by atoms with Gasteiger partial charge in [-0.25, -0.2) is 0 Å². The highest BCUT2D eigenvalue weighted by Gasteiger charge is 2.46. The highest BCUT2D eigenvalue weighted by Crippen LogP contribution is 2.40. The van der Waals surface area contributed by atoms with E-state index in [0.717, 1.165) is 45.2 Å². The normalized spacial score (nSPS) is 42.0. The van der Waals surface area contributed by atoms with Gasteiger partial charge in [0.1, 0.15) is 0 Å². The van der Waals surface area contributed by atoms with Gasteiger partial charge in [-0.1, -0.05) is 12.8 Å². The molecule has 0 aromatic carbocycles. The van der Waals surface area contributed by atoms with Crippen molar-refractivity contribution in [2.24, 2.45) is 5.92 Å². The molecule has 4 unspecified atom stereocenters. The van der Waals surface area contributed by atoms with E-state index in [1.807, 2.05) is 0 Å². The lowest BCUT2D eigenvalue weighted by Crippen LogP contribution is -2.59. The standard InChI is InChI=1S/C17H28N2O2/c20-16-4-2-1-3-15(16)18-10-9-14-12(11-18)5-8-17(21)19(14)13-6-7-13/h12-16,20H,1-11H2. The average molecular weight is 292 g/mol. The lowest BCUT2D eigenvalue weighted by molar-refractivity contribution is -0.143. The molecule has 4 heteroatoms. The number of nitrogens with zero attached hydrogens (tertiary/aromatic N) is 2. The van der Waals surface area contributed by atoms with Crippen LogP contribution in [0.4, 0.5) is 0 Å². The van der Waals surface area contributed by atoms with Crippen LogP contribution < -0.4 is 0 Å². The summed E-state index contributed by atoms with van der Waals surface area (Å²) in [6.07, 6.45) is 9.83. The second kappa shape index (κ2) is 5.54. The minimum absolute atomic E-state index is 0.125. The summed E-state index contributed by atoms with van der Waals surface area (Å²) in [6.45, 7) is 2.17. The molecule has 4 rings (SSSR count). The number of carbonyl (C=O) groups excluding carboxylic acids is 1. The van der Waals surface area contributed by atoms with Crippen LogP contribution in [-0.4, -0.2) is 58.1 Å². The lowest BCUT2D eigenvalue weighted by atomic mass is 9.81. The largest absolute Gasteiger partial charge is 0.391 e. The van der Waals surface area contributed by atoms with Crippen molar-refractivity contribution >= 4 is 5.91 Å². The monoisotopic (exact) mass is 292 g/mol. The number of hydrogen-bond acceptors (Lipinski definition) is 3. The molecule has 0 radical (unpaired) electrons. The topological polar surface area (TPSA) is 43.8 Å². The van der Waals surface area contributed by atoms with Gasteiger partial charge < -0.3 is 10.0 Å². The summed E-state index contributed by atoms with van der Waals surface area (Å²) >= 11 is 0. The first-order valence-corrected chi connectivity index (χ1v) is 8.97. The zero-order chi connectivity index (χ0) is 14.4. The van der Waals surface area contributed by atoms with Gasteiger partial charge in [-0.05, 0) is 44.4 Å². The Balaban J connectivity index is 1.44. The van der Waals surface area contributed by atoms with Gasteiger partial charge >= 0.3 is 0 Å². The van der Waals surface area contributed by atoms with Crippen molar-refractivity contribution in [3.8, 4) is 0 Å². The summed E-state index contributed by atoms with van der Waals surface area (Å²) in [6, 6.07) is 1.44. The van der Waals surface area contributed by atoms with Crippen molar-refractivity contribution in [2.45, 2.75) is 82.0 Å². The molecule has 21 heavy (non-hydrogen) atoms. The zero-order valence-electron chi connectivity index (χ0n) is 12.9. The molecule has 1 N–H and O–H groups in total. The van der Waals surface area contributed by atoms with E-state index in [-0.39, 0.29) is 6.10 Å². The quantitative estimate of drug-likeness (QED) is 0.843. The first kappa shape index (κ1) is 14.0. The van der Waals surface area contributed by atoms with Gasteiger partial charge in [0.2, 0.25) is 5.91 Å². The number of aliphatic hydroxyl groups is 1. The Bertz CT molecular complexity index is 410. The molecule has 2 saturated carbocycles. The SMILES string of the molecule is O=C1CCC2CN(C3CCCCC3O)CCC2N1C1CC1. The molecule has 2 heterocycles. The van der Waals surface area contributed by atoms with Crippen LogP contribution in [0, 0.1) is 5.92 Å².